The normalized spacial score (nSPS) is 19.7. The zero-order valence-electron chi connectivity index (χ0n) is 17.2. The molecule has 0 radical (unpaired) electrons. The predicted molar refractivity (Wildman–Crippen MR) is 120 cm³/mol. The van der Waals surface area contributed by atoms with Crippen molar-refractivity contribution in [1.29, 1.82) is 0 Å². The van der Waals surface area contributed by atoms with Crippen molar-refractivity contribution in [3.05, 3.63) is 45.5 Å². The maximum atomic E-state index is 12.5. The summed E-state index contributed by atoms with van der Waals surface area (Å²) in [5, 5.41) is 11.4. The van der Waals surface area contributed by atoms with Gasteiger partial charge < -0.3 is 5.32 Å². The van der Waals surface area contributed by atoms with Crippen LogP contribution in [0.3, 0.4) is 0 Å². The van der Waals surface area contributed by atoms with Crippen LogP contribution in [-0.4, -0.2) is 50.3 Å². The third-order valence-corrected chi connectivity index (χ3v) is 7.21. The van der Waals surface area contributed by atoms with Crippen molar-refractivity contribution in [2.75, 3.05) is 25.0 Å². The molecule has 8 heteroatoms. The summed E-state index contributed by atoms with van der Waals surface area (Å²) in [5.74, 6) is 0.916. The fourth-order valence-electron chi connectivity index (χ4n) is 4.72. The molecule has 2 aliphatic rings. The molecule has 5 rings (SSSR count). The van der Waals surface area contributed by atoms with Gasteiger partial charge in [-0.05, 0) is 62.1 Å². The molecule has 1 saturated heterocycles. The van der Waals surface area contributed by atoms with Gasteiger partial charge in [0.1, 0.15) is 17.0 Å². The number of nitrogens with one attached hydrogen (secondary N) is 1. The number of rotatable bonds is 6. The Morgan fingerprint density at radius 3 is 3.03 bits per heavy atom. The van der Waals surface area contributed by atoms with Gasteiger partial charge in [0.15, 0.2) is 0 Å². The second kappa shape index (κ2) is 8.81. The highest BCUT2D eigenvalue weighted by Crippen LogP contribution is 2.25. The Kier molecular flexibility index (Phi) is 5.77. The van der Waals surface area contributed by atoms with Gasteiger partial charge in [-0.1, -0.05) is 6.42 Å². The van der Waals surface area contributed by atoms with E-state index in [-0.39, 0.29) is 5.56 Å². The molecule has 1 aliphatic heterocycles. The molecule has 0 amide bonds. The van der Waals surface area contributed by atoms with Gasteiger partial charge in [-0.3, -0.25) is 9.69 Å². The number of likely N-dealkylation sites (tertiary alicyclic amines) is 1. The maximum Gasteiger partial charge on any atom is 0.267 e. The van der Waals surface area contributed by atoms with Crippen LogP contribution in [0.5, 0.6) is 0 Å². The molecular weight excluding hydrogens is 396 g/mol. The molecule has 1 N–H and O–H groups in total. The van der Waals surface area contributed by atoms with Crippen molar-refractivity contribution in [3.63, 3.8) is 0 Å². The number of nitrogens with zero attached hydrogens (tertiary/aromatic N) is 5. The number of fused-ring (bicyclic) bond motifs is 2. The van der Waals surface area contributed by atoms with E-state index in [1.165, 1.54) is 25.7 Å². The number of aryl methyl sites for hydroxylation is 2. The predicted octanol–water partition coefficient (Wildman–Crippen LogP) is 3.09. The van der Waals surface area contributed by atoms with Gasteiger partial charge in [0.2, 0.25) is 0 Å². The Morgan fingerprint density at radius 2 is 2.07 bits per heavy atom. The van der Waals surface area contributed by atoms with E-state index in [0.717, 1.165) is 66.2 Å². The molecule has 0 bridgehead atoms. The van der Waals surface area contributed by atoms with E-state index in [1.54, 1.807) is 22.3 Å². The SMILES string of the molecule is O=c1cc2c(nn1CCN1CCCCC1CNc1ncnc3sccc13)CCCC2. The topological polar surface area (TPSA) is 75.9 Å². The molecule has 1 unspecified atom stereocenters. The molecule has 30 heavy (non-hydrogen) atoms. The summed E-state index contributed by atoms with van der Waals surface area (Å²) >= 11 is 1.64. The molecule has 0 spiro atoms. The summed E-state index contributed by atoms with van der Waals surface area (Å²) in [7, 11) is 0. The lowest BCUT2D eigenvalue weighted by molar-refractivity contribution is 0.147. The van der Waals surface area contributed by atoms with E-state index < -0.39 is 0 Å². The Bertz CT molecular complexity index is 1080. The van der Waals surface area contributed by atoms with Crippen LogP contribution < -0.4 is 10.9 Å². The number of hydrogen-bond donors (Lipinski definition) is 1. The van der Waals surface area contributed by atoms with Gasteiger partial charge >= 0.3 is 0 Å². The van der Waals surface area contributed by atoms with Crippen LogP contribution in [0.2, 0.25) is 0 Å². The summed E-state index contributed by atoms with van der Waals surface area (Å²) in [5.41, 5.74) is 2.33. The standard InChI is InChI=1S/C22H28N6OS/c29-20-13-16-5-1-2-7-19(16)26-28(20)11-10-27-9-4-3-6-17(27)14-23-21-18-8-12-30-22(18)25-15-24-21/h8,12-13,15,17H,1-7,9-11,14H2,(H,23,24,25). The molecule has 4 heterocycles. The highest BCUT2D eigenvalue weighted by atomic mass is 32.1. The van der Waals surface area contributed by atoms with Crippen molar-refractivity contribution in [1.82, 2.24) is 24.6 Å². The summed E-state index contributed by atoms with van der Waals surface area (Å²) in [6.45, 7) is 3.44. The van der Waals surface area contributed by atoms with Crippen molar-refractivity contribution in [3.8, 4) is 0 Å². The van der Waals surface area contributed by atoms with E-state index in [2.05, 4.69) is 31.6 Å². The summed E-state index contributed by atoms with van der Waals surface area (Å²) in [4.78, 5) is 24.8. The molecule has 0 saturated carbocycles. The first kappa shape index (κ1) is 19.6. The number of anilines is 1. The molecule has 7 nitrogen and oxygen atoms in total. The molecule has 1 atom stereocenters. The zero-order chi connectivity index (χ0) is 20.3. The van der Waals surface area contributed by atoms with Gasteiger partial charge in [0.25, 0.3) is 5.56 Å². The van der Waals surface area contributed by atoms with E-state index in [9.17, 15) is 4.79 Å². The summed E-state index contributed by atoms with van der Waals surface area (Å²) < 4.78 is 1.68. The molecule has 1 aliphatic carbocycles. The van der Waals surface area contributed by atoms with Crippen LogP contribution in [0.15, 0.2) is 28.6 Å². The largest absolute Gasteiger partial charge is 0.368 e. The Morgan fingerprint density at radius 1 is 1.13 bits per heavy atom. The molecule has 3 aromatic rings. The average Bonchev–Trinajstić information content (AvgIpc) is 3.26. The van der Waals surface area contributed by atoms with E-state index in [1.807, 2.05) is 6.07 Å². The van der Waals surface area contributed by atoms with Crippen molar-refractivity contribution in [2.24, 2.45) is 0 Å². The lowest BCUT2D eigenvalue weighted by Crippen LogP contribution is -2.45. The number of piperidine rings is 1. The van der Waals surface area contributed by atoms with Crippen LogP contribution in [0.4, 0.5) is 5.82 Å². The number of hydrogen-bond acceptors (Lipinski definition) is 7. The molecular formula is C22H28N6OS. The summed E-state index contributed by atoms with van der Waals surface area (Å²) in [6, 6.07) is 4.34. The van der Waals surface area contributed by atoms with Crippen LogP contribution >= 0.6 is 11.3 Å². The Labute approximate surface area is 180 Å². The first-order valence-corrected chi connectivity index (χ1v) is 11.9. The minimum Gasteiger partial charge on any atom is -0.368 e. The monoisotopic (exact) mass is 424 g/mol. The van der Waals surface area contributed by atoms with Crippen molar-refractivity contribution < 1.29 is 0 Å². The van der Waals surface area contributed by atoms with Crippen molar-refractivity contribution >= 4 is 27.4 Å². The summed E-state index contributed by atoms with van der Waals surface area (Å²) in [6.07, 6.45) is 9.61. The first-order chi connectivity index (χ1) is 14.8. The lowest BCUT2D eigenvalue weighted by atomic mass is 9.97. The minimum atomic E-state index is 0.0446. The third kappa shape index (κ3) is 4.11. The Hall–Kier alpha value is -2.32. The Balaban J connectivity index is 1.24. The quantitative estimate of drug-likeness (QED) is 0.655. The first-order valence-electron chi connectivity index (χ1n) is 11.0. The molecule has 1 fully saturated rings. The van der Waals surface area contributed by atoms with Crippen LogP contribution in [0, 0.1) is 0 Å². The number of aromatic nitrogens is 4. The third-order valence-electron chi connectivity index (χ3n) is 6.39. The fourth-order valence-corrected chi connectivity index (χ4v) is 5.45. The van der Waals surface area contributed by atoms with Crippen molar-refractivity contribution in [2.45, 2.75) is 57.5 Å². The van der Waals surface area contributed by atoms with Crippen LogP contribution in [-0.2, 0) is 19.4 Å². The van der Waals surface area contributed by atoms with E-state index >= 15 is 0 Å². The van der Waals surface area contributed by atoms with Gasteiger partial charge in [0, 0.05) is 25.2 Å². The number of thiophene rings is 1. The average molecular weight is 425 g/mol. The molecule has 0 aromatic carbocycles. The highest BCUT2D eigenvalue weighted by Gasteiger charge is 2.23. The second-order valence-corrected chi connectivity index (χ2v) is 9.21. The zero-order valence-corrected chi connectivity index (χ0v) is 18.0. The molecule has 158 valence electrons. The van der Waals surface area contributed by atoms with E-state index in [4.69, 9.17) is 5.10 Å². The van der Waals surface area contributed by atoms with E-state index in [0.29, 0.717) is 12.6 Å². The van der Waals surface area contributed by atoms with Crippen LogP contribution in [0.25, 0.3) is 10.2 Å². The fraction of sp³-hybridized carbons (Fsp3) is 0.545. The van der Waals surface area contributed by atoms with Gasteiger partial charge in [-0.15, -0.1) is 11.3 Å². The smallest absolute Gasteiger partial charge is 0.267 e. The second-order valence-electron chi connectivity index (χ2n) is 8.31. The maximum absolute atomic E-state index is 12.5. The van der Waals surface area contributed by atoms with Gasteiger partial charge in [-0.25, -0.2) is 14.6 Å². The van der Waals surface area contributed by atoms with Crippen LogP contribution in [0.1, 0.15) is 43.4 Å². The lowest BCUT2D eigenvalue weighted by Gasteiger charge is -2.36. The highest BCUT2D eigenvalue weighted by molar-refractivity contribution is 7.16. The van der Waals surface area contributed by atoms with Gasteiger partial charge in [0.05, 0.1) is 17.6 Å². The minimum absolute atomic E-state index is 0.0446. The van der Waals surface area contributed by atoms with Gasteiger partial charge in [-0.2, -0.15) is 5.10 Å². The molecule has 3 aromatic heterocycles.